The molecule has 0 heterocycles. The van der Waals surface area contributed by atoms with Crippen LogP contribution in [-0.4, -0.2) is 11.4 Å². The van der Waals surface area contributed by atoms with Crippen LogP contribution in [0, 0.1) is 0 Å². The van der Waals surface area contributed by atoms with Crippen LogP contribution in [0.3, 0.4) is 0 Å². The molecule has 0 bridgehead atoms. The van der Waals surface area contributed by atoms with Crippen molar-refractivity contribution in [2.45, 2.75) is 17.9 Å². The predicted octanol–water partition coefficient (Wildman–Crippen LogP) is 5.02. The van der Waals surface area contributed by atoms with Gasteiger partial charge in [-0.05, 0) is 55.1 Å². The molecule has 0 aliphatic heterocycles. The van der Waals surface area contributed by atoms with Gasteiger partial charge < -0.3 is 9.84 Å². The minimum absolute atomic E-state index is 0.496. The summed E-state index contributed by atoms with van der Waals surface area (Å²) in [6, 6.07) is 13.5. The quantitative estimate of drug-likeness (QED) is 0.794. The molecular weight excluding hydrogens is 324 g/mol. The normalized spacial score (nSPS) is 12.2. The van der Waals surface area contributed by atoms with Crippen molar-refractivity contribution in [1.82, 2.24) is 0 Å². The zero-order chi connectivity index (χ0) is 13.8. The molecule has 1 atom stereocenters. The second-order valence-corrected chi connectivity index (χ2v) is 5.87. The van der Waals surface area contributed by atoms with Gasteiger partial charge in [0.25, 0.3) is 0 Å². The molecule has 0 radical (unpaired) electrons. The highest BCUT2D eigenvalue weighted by atomic mass is 79.9. The summed E-state index contributed by atoms with van der Waals surface area (Å²) in [7, 11) is 0. The van der Waals surface area contributed by atoms with Gasteiger partial charge in [-0.2, -0.15) is 0 Å². The van der Waals surface area contributed by atoms with E-state index in [1.54, 1.807) is 18.7 Å². The summed E-state index contributed by atoms with van der Waals surface area (Å²) >= 11 is 5.14. The van der Waals surface area contributed by atoms with Crippen LogP contribution in [0.1, 0.15) is 18.6 Å². The molecule has 2 aromatic carbocycles. The Morgan fingerprint density at radius 1 is 1.11 bits per heavy atom. The number of hydrogen-bond acceptors (Lipinski definition) is 3. The molecule has 0 amide bonds. The Morgan fingerprint density at radius 3 is 2.26 bits per heavy atom. The van der Waals surface area contributed by atoms with Gasteiger partial charge in [0, 0.05) is 9.37 Å². The highest BCUT2D eigenvalue weighted by molar-refractivity contribution is 9.10. The number of halogens is 1. The van der Waals surface area contributed by atoms with E-state index in [-0.39, 0.29) is 0 Å². The van der Waals surface area contributed by atoms with E-state index in [1.807, 2.05) is 48.7 Å². The first-order valence-electron chi connectivity index (χ1n) is 5.89. The molecule has 0 aliphatic carbocycles. The molecular formula is C15H15BrO2S. The molecule has 0 saturated heterocycles. The largest absolute Gasteiger partial charge is 0.457 e. The summed E-state index contributed by atoms with van der Waals surface area (Å²) in [5, 5.41) is 9.57. The van der Waals surface area contributed by atoms with E-state index in [4.69, 9.17) is 4.74 Å². The van der Waals surface area contributed by atoms with Gasteiger partial charge in [-0.15, -0.1) is 11.8 Å². The Kier molecular flexibility index (Phi) is 4.91. The van der Waals surface area contributed by atoms with Crippen LogP contribution in [0.15, 0.2) is 51.8 Å². The molecule has 2 aromatic rings. The van der Waals surface area contributed by atoms with Crippen LogP contribution in [0.25, 0.3) is 0 Å². The van der Waals surface area contributed by atoms with Crippen molar-refractivity contribution < 1.29 is 9.84 Å². The maximum absolute atomic E-state index is 9.57. The summed E-state index contributed by atoms with van der Waals surface area (Å²) in [6.45, 7) is 1.74. The van der Waals surface area contributed by atoms with Crippen molar-refractivity contribution >= 4 is 27.7 Å². The molecule has 2 rings (SSSR count). The fraction of sp³-hybridized carbons (Fsp3) is 0.200. The van der Waals surface area contributed by atoms with E-state index in [2.05, 4.69) is 15.9 Å². The third kappa shape index (κ3) is 3.75. The first-order chi connectivity index (χ1) is 9.10. The van der Waals surface area contributed by atoms with Crippen LogP contribution in [-0.2, 0) is 0 Å². The molecule has 0 spiro atoms. The fourth-order valence-corrected chi connectivity index (χ4v) is 2.79. The predicted molar refractivity (Wildman–Crippen MR) is 83.1 cm³/mol. The van der Waals surface area contributed by atoms with Gasteiger partial charge in [0.1, 0.15) is 11.5 Å². The zero-order valence-corrected chi connectivity index (χ0v) is 13.2. The molecule has 0 unspecified atom stereocenters. The van der Waals surface area contributed by atoms with Crippen LogP contribution in [0.5, 0.6) is 11.5 Å². The second kappa shape index (κ2) is 6.46. The summed E-state index contributed by atoms with van der Waals surface area (Å²) < 4.78 is 6.62. The molecule has 1 N–H and O–H groups in total. The Morgan fingerprint density at radius 2 is 1.74 bits per heavy atom. The highest BCUT2D eigenvalue weighted by Gasteiger charge is 2.07. The summed E-state index contributed by atoms with van der Waals surface area (Å²) in [4.78, 5) is 1.21. The molecule has 0 saturated carbocycles. The molecule has 2 nitrogen and oxygen atoms in total. The summed E-state index contributed by atoms with van der Waals surface area (Å²) in [6.07, 6.45) is 1.55. The number of rotatable bonds is 4. The van der Waals surface area contributed by atoms with Crippen molar-refractivity contribution in [2.24, 2.45) is 0 Å². The third-order valence-corrected chi connectivity index (χ3v) is 4.15. The first-order valence-corrected chi connectivity index (χ1v) is 7.91. The number of thioether (sulfide) groups is 1. The molecule has 0 fully saturated rings. The van der Waals surface area contributed by atoms with Crippen LogP contribution in [0.2, 0.25) is 0 Å². The molecule has 100 valence electrons. The maximum atomic E-state index is 9.57. The van der Waals surface area contributed by atoms with E-state index in [0.717, 1.165) is 21.5 Å². The van der Waals surface area contributed by atoms with Crippen molar-refractivity contribution in [1.29, 1.82) is 0 Å². The van der Waals surface area contributed by atoms with E-state index in [0.29, 0.717) is 0 Å². The number of aliphatic hydroxyl groups excluding tert-OH is 1. The van der Waals surface area contributed by atoms with Crippen LogP contribution in [0.4, 0.5) is 0 Å². The van der Waals surface area contributed by atoms with Gasteiger partial charge in [0.2, 0.25) is 0 Å². The van der Waals surface area contributed by atoms with Crippen LogP contribution >= 0.6 is 27.7 Å². The van der Waals surface area contributed by atoms with E-state index < -0.39 is 6.10 Å². The van der Waals surface area contributed by atoms with Gasteiger partial charge in [-0.3, -0.25) is 0 Å². The minimum Gasteiger partial charge on any atom is -0.457 e. The lowest BCUT2D eigenvalue weighted by atomic mass is 10.1. The van der Waals surface area contributed by atoms with E-state index in [9.17, 15) is 5.11 Å². The lowest BCUT2D eigenvalue weighted by Crippen LogP contribution is -1.93. The molecule has 19 heavy (non-hydrogen) atoms. The molecule has 4 heteroatoms. The number of hydrogen-bond donors (Lipinski definition) is 1. The smallest absolute Gasteiger partial charge is 0.128 e. The van der Waals surface area contributed by atoms with E-state index >= 15 is 0 Å². The Balaban J connectivity index is 2.16. The van der Waals surface area contributed by atoms with Crippen molar-refractivity contribution in [3.05, 3.63) is 52.5 Å². The number of aliphatic hydroxyl groups is 1. The first kappa shape index (κ1) is 14.4. The number of benzene rings is 2. The lowest BCUT2D eigenvalue weighted by Gasteiger charge is -2.11. The monoisotopic (exact) mass is 338 g/mol. The van der Waals surface area contributed by atoms with Crippen molar-refractivity contribution in [3.63, 3.8) is 0 Å². The third-order valence-electron chi connectivity index (χ3n) is 2.72. The van der Waals surface area contributed by atoms with Gasteiger partial charge >= 0.3 is 0 Å². The molecule has 0 aromatic heterocycles. The highest BCUT2D eigenvalue weighted by Crippen LogP contribution is 2.30. The minimum atomic E-state index is -0.496. The standard InChI is InChI=1S/C15H15BrO2S/c1-10(17)14-8-5-12(9-15(14)16)18-11-3-6-13(19-2)7-4-11/h3-10,17H,1-2H3/t10-/m0/s1. The fourth-order valence-electron chi connectivity index (χ4n) is 1.69. The average Bonchev–Trinajstić information content (AvgIpc) is 2.39. The Bertz CT molecular complexity index is 553. The molecule has 0 aliphatic rings. The topological polar surface area (TPSA) is 29.5 Å². The van der Waals surface area contributed by atoms with Gasteiger partial charge in [0.05, 0.1) is 6.10 Å². The summed E-state index contributed by atoms with van der Waals surface area (Å²) in [5.74, 6) is 1.54. The van der Waals surface area contributed by atoms with Crippen LogP contribution < -0.4 is 4.74 Å². The van der Waals surface area contributed by atoms with Crippen molar-refractivity contribution in [3.8, 4) is 11.5 Å². The second-order valence-electron chi connectivity index (χ2n) is 4.14. The average molecular weight is 339 g/mol. The van der Waals surface area contributed by atoms with Crippen molar-refractivity contribution in [2.75, 3.05) is 6.26 Å². The lowest BCUT2D eigenvalue weighted by molar-refractivity contribution is 0.198. The van der Waals surface area contributed by atoms with Gasteiger partial charge in [-0.1, -0.05) is 22.0 Å². The van der Waals surface area contributed by atoms with E-state index in [1.165, 1.54) is 4.90 Å². The van der Waals surface area contributed by atoms with Gasteiger partial charge in [0.15, 0.2) is 0 Å². The zero-order valence-electron chi connectivity index (χ0n) is 10.8. The maximum Gasteiger partial charge on any atom is 0.128 e. The SMILES string of the molecule is CSc1ccc(Oc2ccc([C@H](C)O)c(Br)c2)cc1. The number of ether oxygens (including phenoxy) is 1. The Labute approximate surface area is 125 Å². The van der Waals surface area contributed by atoms with Gasteiger partial charge in [-0.25, -0.2) is 0 Å². The summed E-state index contributed by atoms with van der Waals surface area (Å²) in [5.41, 5.74) is 0.852. The Hall–Kier alpha value is -0.970.